The molecule has 0 radical (unpaired) electrons. The molecule has 0 aromatic carbocycles. The van der Waals surface area contributed by atoms with Crippen molar-refractivity contribution in [2.45, 2.75) is 32.7 Å². The third-order valence-corrected chi connectivity index (χ3v) is 1.96. The average Bonchev–Trinajstić information content (AvgIpc) is 2.03. The second-order valence-corrected chi connectivity index (χ2v) is 3.36. The molecule has 3 heteroatoms. The highest BCUT2D eigenvalue weighted by Gasteiger charge is 2.10. The van der Waals surface area contributed by atoms with E-state index >= 15 is 0 Å². The van der Waals surface area contributed by atoms with E-state index in [0.29, 0.717) is 24.9 Å². The largest absolute Gasteiger partial charge is 0.396 e. The first-order valence-electron chi connectivity index (χ1n) is 4.62. The van der Waals surface area contributed by atoms with Gasteiger partial charge in [0.2, 0.25) is 0 Å². The highest BCUT2D eigenvalue weighted by Crippen LogP contribution is 2.05. The Morgan fingerprint density at radius 2 is 2.08 bits per heavy atom. The number of rotatable bonds is 7. The molecule has 0 saturated heterocycles. The molecular formula is C9H20FNO. The van der Waals surface area contributed by atoms with Crippen molar-refractivity contribution >= 4 is 0 Å². The minimum Gasteiger partial charge on any atom is -0.396 e. The highest BCUT2D eigenvalue weighted by molar-refractivity contribution is 4.69. The van der Waals surface area contributed by atoms with Crippen molar-refractivity contribution in [2.24, 2.45) is 5.92 Å². The van der Waals surface area contributed by atoms with Gasteiger partial charge in [-0.15, -0.1) is 0 Å². The molecule has 0 heterocycles. The van der Waals surface area contributed by atoms with Gasteiger partial charge in [-0.05, 0) is 25.3 Å². The molecule has 74 valence electrons. The molecule has 2 nitrogen and oxygen atoms in total. The summed E-state index contributed by atoms with van der Waals surface area (Å²) in [6.45, 7) is 4.84. The van der Waals surface area contributed by atoms with Crippen molar-refractivity contribution in [3.8, 4) is 0 Å². The normalized spacial score (nSPS) is 13.8. The Hall–Kier alpha value is -0.150. The van der Waals surface area contributed by atoms with Crippen molar-refractivity contribution in [3.05, 3.63) is 0 Å². The van der Waals surface area contributed by atoms with Crippen molar-refractivity contribution < 1.29 is 9.50 Å². The fourth-order valence-electron chi connectivity index (χ4n) is 1.16. The summed E-state index contributed by atoms with van der Waals surface area (Å²) in [6.07, 6.45) is 1.32. The predicted molar refractivity (Wildman–Crippen MR) is 48.9 cm³/mol. The lowest BCUT2D eigenvalue weighted by Gasteiger charge is -2.21. The third-order valence-electron chi connectivity index (χ3n) is 1.96. The Kier molecular flexibility index (Phi) is 7.40. The van der Waals surface area contributed by atoms with E-state index in [1.165, 1.54) is 0 Å². The topological polar surface area (TPSA) is 32.3 Å². The van der Waals surface area contributed by atoms with Gasteiger partial charge in [0.05, 0.1) is 6.67 Å². The van der Waals surface area contributed by atoms with Gasteiger partial charge in [-0.3, -0.25) is 4.39 Å². The number of aliphatic hydroxyl groups excluding tert-OH is 1. The van der Waals surface area contributed by atoms with Gasteiger partial charge in [-0.25, -0.2) is 0 Å². The van der Waals surface area contributed by atoms with Crippen LogP contribution in [0.2, 0.25) is 0 Å². The minimum absolute atomic E-state index is 0.200. The highest BCUT2D eigenvalue weighted by atomic mass is 19.1. The fraction of sp³-hybridized carbons (Fsp3) is 1.00. The van der Waals surface area contributed by atoms with Crippen LogP contribution in [0.1, 0.15) is 26.7 Å². The summed E-state index contributed by atoms with van der Waals surface area (Å²) < 4.78 is 11.7. The maximum atomic E-state index is 11.7. The van der Waals surface area contributed by atoms with Gasteiger partial charge in [0.25, 0.3) is 0 Å². The van der Waals surface area contributed by atoms with Gasteiger partial charge >= 0.3 is 0 Å². The first-order valence-corrected chi connectivity index (χ1v) is 4.62. The van der Waals surface area contributed by atoms with E-state index in [0.717, 1.165) is 6.42 Å². The molecule has 0 rings (SSSR count). The first-order chi connectivity index (χ1) is 5.72. The zero-order valence-electron chi connectivity index (χ0n) is 8.02. The van der Waals surface area contributed by atoms with Crippen LogP contribution in [0, 0.1) is 5.92 Å². The molecule has 0 aliphatic carbocycles. The van der Waals surface area contributed by atoms with E-state index < -0.39 is 0 Å². The smallest absolute Gasteiger partial charge is 0.0906 e. The standard InChI is InChI=1S/C9H20FNO/c1-8(2)9(4-7-12)11-6-3-5-10/h8-9,11-12H,3-7H2,1-2H3. The number of alkyl halides is 1. The third kappa shape index (κ3) is 5.49. The minimum atomic E-state index is -0.267. The van der Waals surface area contributed by atoms with Gasteiger partial charge in [-0.1, -0.05) is 13.8 Å². The number of hydrogen-bond acceptors (Lipinski definition) is 2. The summed E-state index contributed by atoms with van der Waals surface area (Å²) in [5, 5.41) is 11.9. The zero-order chi connectivity index (χ0) is 9.40. The lowest BCUT2D eigenvalue weighted by Crippen LogP contribution is -2.35. The molecule has 0 amide bonds. The molecule has 0 aromatic rings. The Morgan fingerprint density at radius 1 is 1.42 bits per heavy atom. The summed E-state index contributed by atoms with van der Waals surface area (Å²) in [7, 11) is 0. The van der Waals surface area contributed by atoms with Crippen LogP contribution in [0.3, 0.4) is 0 Å². The van der Waals surface area contributed by atoms with Crippen LogP contribution in [0.4, 0.5) is 4.39 Å². The summed E-state index contributed by atoms with van der Waals surface area (Å²) >= 11 is 0. The monoisotopic (exact) mass is 177 g/mol. The van der Waals surface area contributed by atoms with Crippen LogP contribution in [-0.2, 0) is 0 Å². The van der Waals surface area contributed by atoms with E-state index in [-0.39, 0.29) is 13.3 Å². The van der Waals surface area contributed by atoms with Crippen LogP contribution in [0.15, 0.2) is 0 Å². The van der Waals surface area contributed by atoms with Crippen LogP contribution in [0.5, 0.6) is 0 Å². The van der Waals surface area contributed by atoms with Gasteiger partial charge in [-0.2, -0.15) is 0 Å². The molecule has 0 aromatic heterocycles. The van der Waals surface area contributed by atoms with E-state index in [1.807, 2.05) is 0 Å². The predicted octanol–water partition coefficient (Wildman–Crippen LogP) is 1.34. The molecule has 1 unspecified atom stereocenters. The lowest BCUT2D eigenvalue weighted by atomic mass is 10.0. The SMILES string of the molecule is CC(C)C(CCO)NCCCF. The summed E-state index contributed by atoms with van der Waals surface area (Å²) in [6, 6.07) is 0.321. The van der Waals surface area contributed by atoms with Crippen molar-refractivity contribution in [2.75, 3.05) is 19.8 Å². The zero-order valence-corrected chi connectivity index (χ0v) is 8.02. The molecule has 2 N–H and O–H groups in total. The van der Waals surface area contributed by atoms with Crippen molar-refractivity contribution in [1.82, 2.24) is 5.32 Å². The number of aliphatic hydroxyl groups is 1. The molecule has 12 heavy (non-hydrogen) atoms. The number of halogens is 1. The van der Waals surface area contributed by atoms with Gasteiger partial charge in [0.15, 0.2) is 0 Å². The van der Waals surface area contributed by atoms with Gasteiger partial charge in [0.1, 0.15) is 0 Å². The molecule has 0 aliphatic rings. The first kappa shape index (κ1) is 11.8. The maximum Gasteiger partial charge on any atom is 0.0906 e. The molecule has 0 aliphatic heterocycles. The van der Waals surface area contributed by atoms with E-state index in [2.05, 4.69) is 19.2 Å². The molecule has 0 fully saturated rings. The Labute approximate surface area is 74.2 Å². The average molecular weight is 177 g/mol. The van der Waals surface area contributed by atoms with Gasteiger partial charge < -0.3 is 10.4 Å². The summed E-state index contributed by atoms with van der Waals surface area (Å²) in [5.74, 6) is 0.497. The Bertz CT molecular complexity index is 98.5. The Balaban J connectivity index is 3.49. The van der Waals surface area contributed by atoms with Crippen molar-refractivity contribution in [3.63, 3.8) is 0 Å². The van der Waals surface area contributed by atoms with Crippen LogP contribution in [0.25, 0.3) is 0 Å². The lowest BCUT2D eigenvalue weighted by molar-refractivity contribution is 0.243. The number of nitrogens with one attached hydrogen (secondary N) is 1. The van der Waals surface area contributed by atoms with Crippen LogP contribution < -0.4 is 5.32 Å². The Morgan fingerprint density at radius 3 is 2.50 bits per heavy atom. The second kappa shape index (κ2) is 7.50. The molecule has 0 bridgehead atoms. The van der Waals surface area contributed by atoms with Crippen LogP contribution >= 0.6 is 0 Å². The molecule has 1 atom stereocenters. The van der Waals surface area contributed by atoms with Crippen molar-refractivity contribution in [1.29, 1.82) is 0 Å². The van der Waals surface area contributed by atoms with E-state index in [4.69, 9.17) is 5.11 Å². The molecule has 0 saturated carbocycles. The maximum absolute atomic E-state index is 11.7. The summed E-state index contributed by atoms with van der Waals surface area (Å²) in [4.78, 5) is 0. The number of hydrogen-bond donors (Lipinski definition) is 2. The van der Waals surface area contributed by atoms with E-state index in [9.17, 15) is 4.39 Å². The van der Waals surface area contributed by atoms with Crippen LogP contribution in [-0.4, -0.2) is 31.0 Å². The van der Waals surface area contributed by atoms with Gasteiger partial charge in [0, 0.05) is 12.6 Å². The fourth-order valence-corrected chi connectivity index (χ4v) is 1.16. The summed E-state index contributed by atoms with van der Waals surface area (Å²) in [5.41, 5.74) is 0. The van der Waals surface area contributed by atoms with E-state index in [1.54, 1.807) is 0 Å². The quantitative estimate of drug-likeness (QED) is 0.575. The molecule has 0 spiro atoms. The second-order valence-electron chi connectivity index (χ2n) is 3.36. The molecular weight excluding hydrogens is 157 g/mol.